The molecule has 26 heavy (non-hydrogen) atoms. The Morgan fingerprint density at radius 1 is 0.769 bits per heavy atom. The van der Waals surface area contributed by atoms with Crippen LogP contribution in [0.15, 0.2) is 90.1 Å². The van der Waals surface area contributed by atoms with Gasteiger partial charge in [-0.05, 0) is 18.1 Å². The zero-order valence-electron chi connectivity index (χ0n) is 14.5. The summed E-state index contributed by atoms with van der Waals surface area (Å²) in [4.78, 5) is 4.70. The number of thioether (sulfide) groups is 1. The smallest absolute Gasteiger partial charge is 0.209 e. The second-order valence-corrected chi connectivity index (χ2v) is 7.22. The van der Waals surface area contributed by atoms with Crippen LogP contribution in [-0.2, 0) is 0 Å². The van der Waals surface area contributed by atoms with Crippen LogP contribution in [0.2, 0.25) is 0 Å². The Morgan fingerprint density at radius 2 is 1.35 bits per heavy atom. The van der Waals surface area contributed by atoms with Crippen LogP contribution < -0.4 is 0 Å². The molecule has 1 aromatic heterocycles. The minimum atomic E-state index is 0.152. The monoisotopic (exact) mass is 357 g/mol. The largest absolute Gasteiger partial charge is 0.258 e. The second-order valence-electron chi connectivity index (χ2n) is 6.15. The molecule has 0 fully saturated rings. The summed E-state index contributed by atoms with van der Waals surface area (Å²) in [6.45, 7) is 2.08. The van der Waals surface area contributed by atoms with Gasteiger partial charge in [0, 0.05) is 5.56 Å². The molecule has 0 unspecified atom stereocenters. The van der Waals surface area contributed by atoms with Crippen LogP contribution in [0, 0.1) is 6.92 Å². The van der Waals surface area contributed by atoms with Gasteiger partial charge in [0.15, 0.2) is 5.82 Å². The molecule has 0 amide bonds. The summed E-state index contributed by atoms with van der Waals surface area (Å²) in [5.74, 6) is 0.798. The van der Waals surface area contributed by atoms with E-state index in [0.29, 0.717) is 0 Å². The van der Waals surface area contributed by atoms with Gasteiger partial charge in [-0.3, -0.25) is 5.10 Å². The fourth-order valence-corrected chi connectivity index (χ4v) is 3.87. The van der Waals surface area contributed by atoms with Crippen molar-refractivity contribution < 1.29 is 0 Å². The summed E-state index contributed by atoms with van der Waals surface area (Å²) in [7, 11) is 0. The maximum atomic E-state index is 4.70. The minimum Gasteiger partial charge on any atom is -0.258 e. The van der Waals surface area contributed by atoms with Gasteiger partial charge < -0.3 is 0 Å². The zero-order valence-corrected chi connectivity index (χ0v) is 15.3. The lowest BCUT2D eigenvalue weighted by Crippen LogP contribution is -1.97. The number of H-pyrrole nitrogens is 1. The quantitative estimate of drug-likeness (QED) is 0.468. The maximum Gasteiger partial charge on any atom is 0.209 e. The Morgan fingerprint density at radius 3 is 1.92 bits per heavy atom. The molecule has 0 saturated heterocycles. The number of hydrogen-bond donors (Lipinski definition) is 1. The molecular formula is C22H19N3S. The highest BCUT2D eigenvalue weighted by Crippen LogP contribution is 2.39. The Labute approximate surface area is 157 Å². The summed E-state index contributed by atoms with van der Waals surface area (Å²) in [6.07, 6.45) is 0. The van der Waals surface area contributed by atoms with Crippen LogP contribution in [0.4, 0.5) is 0 Å². The summed E-state index contributed by atoms with van der Waals surface area (Å²) < 4.78 is 0. The number of rotatable bonds is 5. The standard InChI is InChI=1S/C22H19N3S/c1-16-12-14-19(15-13-16)21-23-22(25-24-21)26-20(17-8-4-2-5-9-17)18-10-6-3-7-11-18/h2-15,20H,1H3,(H,23,24,25). The minimum absolute atomic E-state index is 0.152. The Balaban J connectivity index is 1.63. The van der Waals surface area contributed by atoms with Crippen molar-refractivity contribution in [3.63, 3.8) is 0 Å². The lowest BCUT2D eigenvalue weighted by atomic mass is 10.0. The van der Waals surface area contributed by atoms with Crippen LogP contribution in [0.3, 0.4) is 0 Å². The van der Waals surface area contributed by atoms with Gasteiger partial charge in [0.2, 0.25) is 5.16 Å². The summed E-state index contributed by atoms with van der Waals surface area (Å²) in [5, 5.41) is 8.40. The molecule has 1 N–H and O–H groups in total. The van der Waals surface area contributed by atoms with Crippen molar-refractivity contribution in [1.82, 2.24) is 15.2 Å². The first kappa shape index (κ1) is 16.6. The molecule has 4 rings (SSSR count). The topological polar surface area (TPSA) is 41.6 Å². The molecule has 1 heterocycles. The van der Waals surface area contributed by atoms with Crippen molar-refractivity contribution in [3.05, 3.63) is 102 Å². The number of aromatic amines is 1. The van der Waals surface area contributed by atoms with Crippen molar-refractivity contribution in [1.29, 1.82) is 0 Å². The first-order valence-electron chi connectivity index (χ1n) is 8.55. The lowest BCUT2D eigenvalue weighted by Gasteiger charge is -2.15. The molecule has 0 radical (unpaired) electrons. The molecule has 3 aromatic carbocycles. The average molecular weight is 357 g/mol. The third-order valence-corrected chi connectivity index (χ3v) is 5.39. The van der Waals surface area contributed by atoms with Gasteiger partial charge in [-0.2, -0.15) is 0 Å². The van der Waals surface area contributed by atoms with E-state index in [1.165, 1.54) is 16.7 Å². The van der Waals surface area contributed by atoms with Gasteiger partial charge in [-0.25, -0.2) is 4.98 Å². The first-order chi connectivity index (χ1) is 12.8. The SMILES string of the molecule is Cc1ccc(-c2nc(SC(c3ccccc3)c3ccccc3)n[nH]2)cc1. The van der Waals surface area contributed by atoms with Crippen LogP contribution in [0.25, 0.3) is 11.4 Å². The van der Waals surface area contributed by atoms with Gasteiger partial charge in [0.1, 0.15) is 0 Å². The van der Waals surface area contributed by atoms with E-state index < -0.39 is 0 Å². The fourth-order valence-electron chi connectivity index (χ4n) is 2.83. The third kappa shape index (κ3) is 3.70. The Hall–Kier alpha value is -2.85. The maximum absolute atomic E-state index is 4.70. The van der Waals surface area contributed by atoms with Crippen LogP contribution in [0.1, 0.15) is 21.9 Å². The first-order valence-corrected chi connectivity index (χ1v) is 9.43. The summed E-state index contributed by atoms with van der Waals surface area (Å²) in [5.41, 5.74) is 4.76. The van der Waals surface area contributed by atoms with Crippen molar-refractivity contribution in [3.8, 4) is 11.4 Å². The van der Waals surface area contributed by atoms with Crippen molar-refractivity contribution in [2.45, 2.75) is 17.3 Å². The highest BCUT2D eigenvalue weighted by molar-refractivity contribution is 7.99. The summed E-state index contributed by atoms with van der Waals surface area (Å²) >= 11 is 1.66. The van der Waals surface area contributed by atoms with E-state index in [9.17, 15) is 0 Å². The Bertz CT molecular complexity index is 924. The highest BCUT2D eigenvalue weighted by atomic mass is 32.2. The molecule has 0 aliphatic rings. The molecule has 3 nitrogen and oxygen atoms in total. The number of benzene rings is 3. The molecule has 0 bridgehead atoms. The molecule has 0 saturated carbocycles. The number of aromatic nitrogens is 3. The van der Waals surface area contributed by atoms with E-state index in [0.717, 1.165) is 16.5 Å². The van der Waals surface area contributed by atoms with E-state index in [1.807, 2.05) is 12.1 Å². The number of nitrogens with zero attached hydrogens (tertiary/aromatic N) is 2. The average Bonchev–Trinajstić information content (AvgIpc) is 3.17. The molecule has 0 aliphatic carbocycles. The molecular weight excluding hydrogens is 338 g/mol. The Kier molecular flexibility index (Phi) is 4.84. The number of nitrogens with one attached hydrogen (secondary N) is 1. The van der Waals surface area contributed by atoms with Crippen molar-refractivity contribution in [2.75, 3.05) is 0 Å². The molecule has 4 heteroatoms. The van der Waals surface area contributed by atoms with Crippen molar-refractivity contribution >= 4 is 11.8 Å². The van der Waals surface area contributed by atoms with E-state index >= 15 is 0 Å². The van der Waals surface area contributed by atoms with E-state index in [-0.39, 0.29) is 5.25 Å². The number of aryl methyl sites for hydroxylation is 1. The van der Waals surface area contributed by atoms with E-state index in [2.05, 4.69) is 89.9 Å². The van der Waals surface area contributed by atoms with Gasteiger partial charge >= 0.3 is 0 Å². The molecule has 0 aliphatic heterocycles. The molecule has 0 spiro atoms. The molecule has 0 atom stereocenters. The second kappa shape index (κ2) is 7.58. The predicted molar refractivity (Wildman–Crippen MR) is 107 cm³/mol. The number of hydrogen-bond acceptors (Lipinski definition) is 3. The predicted octanol–water partition coefficient (Wildman–Crippen LogP) is 5.66. The van der Waals surface area contributed by atoms with E-state index in [1.54, 1.807) is 11.8 Å². The van der Waals surface area contributed by atoms with Crippen molar-refractivity contribution in [2.24, 2.45) is 0 Å². The van der Waals surface area contributed by atoms with Gasteiger partial charge in [-0.1, -0.05) is 102 Å². The molecule has 4 aromatic rings. The van der Waals surface area contributed by atoms with Gasteiger partial charge in [0.05, 0.1) is 5.25 Å². The van der Waals surface area contributed by atoms with Gasteiger partial charge in [0.25, 0.3) is 0 Å². The summed E-state index contributed by atoms with van der Waals surface area (Å²) in [6, 6.07) is 29.3. The van der Waals surface area contributed by atoms with Crippen LogP contribution in [-0.4, -0.2) is 15.2 Å². The zero-order chi connectivity index (χ0) is 17.8. The normalized spacial score (nSPS) is 11.0. The van der Waals surface area contributed by atoms with Crippen LogP contribution in [0.5, 0.6) is 0 Å². The third-order valence-electron chi connectivity index (χ3n) is 4.22. The highest BCUT2D eigenvalue weighted by Gasteiger charge is 2.18. The molecule has 128 valence electrons. The van der Waals surface area contributed by atoms with E-state index in [4.69, 9.17) is 4.98 Å². The lowest BCUT2D eigenvalue weighted by molar-refractivity contribution is 0.965. The van der Waals surface area contributed by atoms with Crippen LogP contribution >= 0.6 is 11.8 Å². The fraction of sp³-hybridized carbons (Fsp3) is 0.0909. The van der Waals surface area contributed by atoms with Gasteiger partial charge in [-0.15, -0.1) is 5.10 Å².